The summed E-state index contributed by atoms with van der Waals surface area (Å²) in [5, 5.41) is 10.9. The molecule has 0 atom stereocenters. The standard InChI is InChI=1S/C8H7BrN4/c1-6-4-7(2-3-8(6)9)13-5-10-11-12-13/h2-5H,1H3. The lowest BCUT2D eigenvalue weighted by Crippen LogP contribution is -1.95. The third-order valence-corrected chi connectivity index (χ3v) is 2.64. The number of nitrogens with zero attached hydrogens (tertiary/aromatic N) is 4. The minimum Gasteiger partial charge on any atom is -0.201 e. The number of aromatic nitrogens is 4. The second-order valence-electron chi connectivity index (χ2n) is 2.69. The number of hydrogen-bond donors (Lipinski definition) is 0. The van der Waals surface area contributed by atoms with Gasteiger partial charge < -0.3 is 0 Å². The van der Waals surface area contributed by atoms with Gasteiger partial charge in [-0.1, -0.05) is 15.9 Å². The SMILES string of the molecule is Cc1cc(-n2cnnn2)ccc1Br. The van der Waals surface area contributed by atoms with E-state index in [1.807, 2.05) is 25.1 Å². The molecule has 0 unspecified atom stereocenters. The van der Waals surface area contributed by atoms with E-state index >= 15 is 0 Å². The third kappa shape index (κ3) is 1.60. The zero-order chi connectivity index (χ0) is 9.26. The summed E-state index contributed by atoms with van der Waals surface area (Å²) in [7, 11) is 0. The Balaban J connectivity index is 2.49. The molecule has 0 saturated heterocycles. The molecule has 2 rings (SSSR count). The van der Waals surface area contributed by atoms with Gasteiger partial charge in [-0.25, -0.2) is 4.68 Å². The number of halogens is 1. The van der Waals surface area contributed by atoms with Crippen LogP contribution < -0.4 is 0 Å². The van der Waals surface area contributed by atoms with Crippen molar-refractivity contribution >= 4 is 15.9 Å². The molecule has 66 valence electrons. The summed E-state index contributed by atoms with van der Waals surface area (Å²) in [4.78, 5) is 0. The van der Waals surface area contributed by atoms with E-state index in [0.29, 0.717) is 0 Å². The van der Waals surface area contributed by atoms with Crippen LogP contribution in [0, 0.1) is 6.92 Å². The van der Waals surface area contributed by atoms with Gasteiger partial charge in [0.05, 0.1) is 5.69 Å². The average Bonchev–Trinajstić information content (AvgIpc) is 2.62. The van der Waals surface area contributed by atoms with Crippen LogP contribution >= 0.6 is 15.9 Å². The maximum atomic E-state index is 3.80. The van der Waals surface area contributed by atoms with E-state index in [-0.39, 0.29) is 0 Å². The first-order chi connectivity index (χ1) is 6.27. The van der Waals surface area contributed by atoms with Crippen molar-refractivity contribution < 1.29 is 0 Å². The van der Waals surface area contributed by atoms with Crippen molar-refractivity contribution in [2.24, 2.45) is 0 Å². The number of tetrazole rings is 1. The van der Waals surface area contributed by atoms with Gasteiger partial charge in [0.2, 0.25) is 0 Å². The number of benzene rings is 1. The maximum absolute atomic E-state index is 3.80. The Kier molecular flexibility index (Phi) is 2.10. The van der Waals surface area contributed by atoms with Crippen molar-refractivity contribution in [1.82, 2.24) is 20.2 Å². The van der Waals surface area contributed by atoms with Crippen LogP contribution in [0.25, 0.3) is 5.69 Å². The van der Waals surface area contributed by atoms with Gasteiger partial charge in [-0.2, -0.15) is 0 Å². The van der Waals surface area contributed by atoms with Gasteiger partial charge in [-0.05, 0) is 41.1 Å². The second-order valence-corrected chi connectivity index (χ2v) is 3.54. The van der Waals surface area contributed by atoms with E-state index in [4.69, 9.17) is 0 Å². The van der Waals surface area contributed by atoms with Gasteiger partial charge in [0.1, 0.15) is 6.33 Å². The number of rotatable bonds is 1. The van der Waals surface area contributed by atoms with Crippen LogP contribution in [0.5, 0.6) is 0 Å². The monoisotopic (exact) mass is 238 g/mol. The molecule has 0 saturated carbocycles. The average molecular weight is 239 g/mol. The quantitative estimate of drug-likeness (QED) is 0.761. The molecule has 0 N–H and O–H groups in total. The molecule has 13 heavy (non-hydrogen) atoms. The topological polar surface area (TPSA) is 43.6 Å². The molecule has 1 heterocycles. The molecule has 1 aromatic carbocycles. The van der Waals surface area contributed by atoms with E-state index in [1.54, 1.807) is 11.0 Å². The Morgan fingerprint density at radius 2 is 2.23 bits per heavy atom. The molecule has 0 aliphatic rings. The molecular formula is C8H7BrN4. The van der Waals surface area contributed by atoms with Crippen molar-refractivity contribution in [1.29, 1.82) is 0 Å². The highest BCUT2D eigenvalue weighted by molar-refractivity contribution is 9.10. The van der Waals surface area contributed by atoms with E-state index in [0.717, 1.165) is 15.7 Å². The fourth-order valence-electron chi connectivity index (χ4n) is 1.05. The van der Waals surface area contributed by atoms with E-state index in [1.165, 1.54) is 0 Å². The van der Waals surface area contributed by atoms with Crippen molar-refractivity contribution in [3.8, 4) is 5.69 Å². The maximum Gasteiger partial charge on any atom is 0.143 e. The molecule has 5 heteroatoms. The highest BCUT2D eigenvalue weighted by atomic mass is 79.9. The molecule has 0 amide bonds. The van der Waals surface area contributed by atoms with E-state index in [2.05, 4.69) is 31.5 Å². The summed E-state index contributed by atoms with van der Waals surface area (Å²) < 4.78 is 2.71. The van der Waals surface area contributed by atoms with Crippen LogP contribution in [0.1, 0.15) is 5.56 Å². The van der Waals surface area contributed by atoms with Crippen LogP contribution in [0.3, 0.4) is 0 Å². The summed E-state index contributed by atoms with van der Waals surface area (Å²) in [6, 6.07) is 5.94. The smallest absolute Gasteiger partial charge is 0.143 e. The first-order valence-corrected chi connectivity index (χ1v) is 4.56. The van der Waals surface area contributed by atoms with E-state index < -0.39 is 0 Å². The minimum atomic E-state index is 0.964. The Morgan fingerprint density at radius 1 is 1.38 bits per heavy atom. The van der Waals surface area contributed by atoms with Crippen LogP contribution in [-0.2, 0) is 0 Å². The Hall–Kier alpha value is -1.23. The number of hydrogen-bond acceptors (Lipinski definition) is 3. The van der Waals surface area contributed by atoms with Crippen LogP contribution in [0.4, 0.5) is 0 Å². The molecule has 0 fully saturated rings. The van der Waals surface area contributed by atoms with Crippen LogP contribution in [-0.4, -0.2) is 20.2 Å². The van der Waals surface area contributed by atoms with Gasteiger partial charge in [0.25, 0.3) is 0 Å². The van der Waals surface area contributed by atoms with Gasteiger partial charge in [-0.15, -0.1) is 5.10 Å². The zero-order valence-electron chi connectivity index (χ0n) is 6.98. The van der Waals surface area contributed by atoms with Gasteiger partial charge in [0, 0.05) is 4.47 Å². The Morgan fingerprint density at radius 3 is 2.85 bits per heavy atom. The summed E-state index contributed by atoms with van der Waals surface area (Å²) in [6.07, 6.45) is 1.57. The summed E-state index contributed by atoms with van der Waals surface area (Å²) in [5.74, 6) is 0. The third-order valence-electron chi connectivity index (χ3n) is 1.76. The van der Waals surface area contributed by atoms with Gasteiger partial charge in [0.15, 0.2) is 0 Å². The molecular weight excluding hydrogens is 232 g/mol. The van der Waals surface area contributed by atoms with Crippen molar-refractivity contribution in [2.75, 3.05) is 0 Å². The molecule has 2 aromatic rings. The normalized spacial score (nSPS) is 10.3. The van der Waals surface area contributed by atoms with Crippen LogP contribution in [0.2, 0.25) is 0 Å². The Bertz CT molecular complexity index is 410. The lowest BCUT2D eigenvalue weighted by atomic mass is 10.2. The largest absolute Gasteiger partial charge is 0.201 e. The van der Waals surface area contributed by atoms with Crippen molar-refractivity contribution in [2.45, 2.75) is 6.92 Å². The summed E-state index contributed by atoms with van der Waals surface area (Å²) in [5.41, 5.74) is 2.12. The fourth-order valence-corrected chi connectivity index (χ4v) is 1.30. The zero-order valence-corrected chi connectivity index (χ0v) is 8.56. The minimum absolute atomic E-state index is 0.964. The first kappa shape index (κ1) is 8.37. The number of aryl methyl sites for hydroxylation is 1. The first-order valence-electron chi connectivity index (χ1n) is 3.77. The molecule has 4 nitrogen and oxygen atoms in total. The van der Waals surface area contributed by atoms with Crippen molar-refractivity contribution in [3.05, 3.63) is 34.6 Å². The second kappa shape index (κ2) is 3.26. The van der Waals surface area contributed by atoms with Crippen LogP contribution in [0.15, 0.2) is 29.0 Å². The predicted molar refractivity (Wildman–Crippen MR) is 51.6 cm³/mol. The lowest BCUT2D eigenvalue weighted by molar-refractivity contribution is 0.788. The molecule has 1 aromatic heterocycles. The Labute approximate surface area is 83.7 Å². The highest BCUT2D eigenvalue weighted by Crippen LogP contribution is 2.18. The summed E-state index contributed by atoms with van der Waals surface area (Å²) in [6.45, 7) is 2.03. The van der Waals surface area contributed by atoms with Gasteiger partial charge >= 0.3 is 0 Å². The fraction of sp³-hybridized carbons (Fsp3) is 0.125. The lowest BCUT2D eigenvalue weighted by Gasteiger charge is -2.01. The predicted octanol–water partition coefficient (Wildman–Crippen LogP) is 1.73. The van der Waals surface area contributed by atoms with E-state index in [9.17, 15) is 0 Å². The molecule has 0 aliphatic heterocycles. The highest BCUT2D eigenvalue weighted by Gasteiger charge is 1.99. The molecule has 0 radical (unpaired) electrons. The van der Waals surface area contributed by atoms with Gasteiger partial charge in [-0.3, -0.25) is 0 Å². The summed E-state index contributed by atoms with van der Waals surface area (Å²) >= 11 is 3.43. The van der Waals surface area contributed by atoms with Crippen molar-refractivity contribution in [3.63, 3.8) is 0 Å². The molecule has 0 spiro atoms. The molecule has 0 bridgehead atoms. The molecule has 0 aliphatic carbocycles.